The van der Waals surface area contributed by atoms with Crippen molar-refractivity contribution in [1.82, 2.24) is 5.32 Å². The van der Waals surface area contributed by atoms with Crippen molar-refractivity contribution in [2.75, 3.05) is 6.54 Å². The van der Waals surface area contributed by atoms with Crippen LogP contribution in [0.1, 0.15) is 5.56 Å². The van der Waals surface area contributed by atoms with Crippen molar-refractivity contribution >= 4 is 15.9 Å². The number of hydrogen-bond acceptors (Lipinski definition) is 1. The number of halogens is 5. The Labute approximate surface area is 92.6 Å². The van der Waals surface area contributed by atoms with E-state index in [1.165, 1.54) is 0 Å². The Bertz CT molecular complexity index is 320. The molecule has 0 radical (unpaired) electrons. The SMILES string of the molecule is Fc1cc(Br)cc(F)c1CNCC(F)F. The Morgan fingerprint density at radius 2 is 1.73 bits per heavy atom. The van der Waals surface area contributed by atoms with Gasteiger partial charge in [-0.2, -0.15) is 0 Å². The van der Waals surface area contributed by atoms with Gasteiger partial charge in [-0.3, -0.25) is 0 Å². The standard InChI is InChI=1S/C9H8BrF4N/c10-5-1-7(11)6(8(12)2-5)3-15-4-9(13)14/h1-2,9,15H,3-4H2. The quantitative estimate of drug-likeness (QED) is 0.839. The molecule has 1 nitrogen and oxygen atoms in total. The smallest absolute Gasteiger partial charge is 0.250 e. The molecule has 0 spiro atoms. The van der Waals surface area contributed by atoms with E-state index in [-0.39, 0.29) is 16.6 Å². The van der Waals surface area contributed by atoms with Crippen LogP contribution in [0.2, 0.25) is 0 Å². The van der Waals surface area contributed by atoms with E-state index in [4.69, 9.17) is 0 Å². The summed E-state index contributed by atoms with van der Waals surface area (Å²) in [5.74, 6) is -1.52. The number of rotatable bonds is 4. The Kier molecular flexibility index (Phi) is 4.53. The second-order valence-electron chi connectivity index (χ2n) is 2.87. The Morgan fingerprint density at radius 1 is 1.20 bits per heavy atom. The van der Waals surface area contributed by atoms with E-state index >= 15 is 0 Å². The molecule has 0 saturated carbocycles. The lowest BCUT2D eigenvalue weighted by atomic mass is 10.2. The Morgan fingerprint density at radius 3 is 2.20 bits per heavy atom. The van der Waals surface area contributed by atoms with Gasteiger partial charge in [-0.15, -0.1) is 0 Å². The van der Waals surface area contributed by atoms with Crippen LogP contribution in [0.4, 0.5) is 17.6 Å². The van der Waals surface area contributed by atoms with Crippen LogP contribution in [0, 0.1) is 11.6 Å². The first-order valence-electron chi connectivity index (χ1n) is 4.13. The summed E-state index contributed by atoms with van der Waals surface area (Å²) in [7, 11) is 0. The van der Waals surface area contributed by atoms with Crippen molar-refractivity contribution in [1.29, 1.82) is 0 Å². The van der Waals surface area contributed by atoms with Gasteiger partial charge in [-0.1, -0.05) is 15.9 Å². The topological polar surface area (TPSA) is 12.0 Å². The zero-order valence-electron chi connectivity index (χ0n) is 7.54. The minimum absolute atomic E-state index is 0.237. The van der Waals surface area contributed by atoms with E-state index in [1.807, 2.05) is 0 Å². The summed E-state index contributed by atoms with van der Waals surface area (Å²) >= 11 is 2.92. The lowest BCUT2D eigenvalue weighted by molar-refractivity contribution is 0.145. The van der Waals surface area contributed by atoms with Crippen LogP contribution in [0.3, 0.4) is 0 Å². The maximum atomic E-state index is 13.1. The summed E-state index contributed by atoms with van der Waals surface area (Å²) in [4.78, 5) is 0. The molecule has 0 aromatic heterocycles. The number of alkyl halides is 2. The minimum atomic E-state index is -2.54. The van der Waals surface area contributed by atoms with Gasteiger partial charge in [0.05, 0.1) is 6.54 Å². The summed E-state index contributed by atoms with van der Waals surface area (Å²) in [6.45, 7) is -0.843. The van der Waals surface area contributed by atoms with Crippen LogP contribution in [0.15, 0.2) is 16.6 Å². The molecule has 1 aromatic carbocycles. The molecule has 0 bridgehead atoms. The number of hydrogen-bond donors (Lipinski definition) is 1. The lowest BCUT2D eigenvalue weighted by Crippen LogP contribution is -2.21. The predicted octanol–water partition coefficient (Wildman–Crippen LogP) is 3.08. The summed E-state index contributed by atoms with van der Waals surface area (Å²) in [5, 5.41) is 2.26. The van der Waals surface area contributed by atoms with Crippen molar-refractivity contribution in [3.8, 4) is 0 Å². The second kappa shape index (κ2) is 5.46. The first kappa shape index (κ1) is 12.4. The van der Waals surface area contributed by atoms with Gasteiger partial charge in [-0.05, 0) is 12.1 Å². The molecule has 1 aromatic rings. The van der Waals surface area contributed by atoms with Crippen LogP contribution < -0.4 is 5.32 Å². The van der Waals surface area contributed by atoms with Gasteiger partial charge in [-0.25, -0.2) is 17.6 Å². The van der Waals surface area contributed by atoms with Gasteiger partial charge < -0.3 is 5.32 Å². The Balaban J connectivity index is 2.68. The molecule has 0 saturated heterocycles. The first-order chi connectivity index (χ1) is 7.00. The van der Waals surface area contributed by atoms with E-state index < -0.39 is 24.6 Å². The highest BCUT2D eigenvalue weighted by molar-refractivity contribution is 9.10. The maximum absolute atomic E-state index is 13.1. The third-order valence-electron chi connectivity index (χ3n) is 1.71. The van der Waals surface area contributed by atoms with Crippen LogP contribution in [0.25, 0.3) is 0 Å². The Hall–Kier alpha value is -0.620. The molecule has 1 rings (SSSR count). The molecule has 1 N–H and O–H groups in total. The third kappa shape index (κ3) is 3.79. The highest BCUT2D eigenvalue weighted by Crippen LogP contribution is 2.19. The van der Waals surface area contributed by atoms with Gasteiger partial charge in [0.25, 0.3) is 6.43 Å². The molecular formula is C9H8BrF4N. The highest BCUT2D eigenvalue weighted by Gasteiger charge is 2.10. The van der Waals surface area contributed by atoms with Crippen molar-refractivity contribution in [3.05, 3.63) is 33.8 Å². The lowest BCUT2D eigenvalue weighted by Gasteiger charge is -2.07. The van der Waals surface area contributed by atoms with Crippen molar-refractivity contribution in [2.45, 2.75) is 13.0 Å². The highest BCUT2D eigenvalue weighted by atomic mass is 79.9. The summed E-state index contributed by atoms with van der Waals surface area (Å²) in [5.41, 5.74) is -0.237. The molecular weight excluding hydrogens is 278 g/mol. The first-order valence-corrected chi connectivity index (χ1v) is 4.92. The summed E-state index contributed by atoms with van der Waals surface area (Å²) < 4.78 is 50.0. The average Bonchev–Trinajstić information content (AvgIpc) is 2.08. The summed E-state index contributed by atoms with van der Waals surface area (Å²) in [6.07, 6.45) is -2.54. The van der Waals surface area contributed by atoms with E-state index in [0.29, 0.717) is 0 Å². The average molecular weight is 286 g/mol. The zero-order valence-corrected chi connectivity index (χ0v) is 9.12. The normalized spacial score (nSPS) is 11.1. The second-order valence-corrected chi connectivity index (χ2v) is 3.79. The van der Waals surface area contributed by atoms with Crippen LogP contribution in [0.5, 0.6) is 0 Å². The molecule has 84 valence electrons. The molecule has 0 aliphatic heterocycles. The fraction of sp³-hybridized carbons (Fsp3) is 0.333. The van der Waals surface area contributed by atoms with E-state index in [0.717, 1.165) is 12.1 Å². The van der Waals surface area contributed by atoms with E-state index in [2.05, 4.69) is 21.2 Å². The molecule has 15 heavy (non-hydrogen) atoms. The molecule has 0 unspecified atom stereocenters. The van der Waals surface area contributed by atoms with E-state index in [9.17, 15) is 17.6 Å². The van der Waals surface area contributed by atoms with Gasteiger partial charge >= 0.3 is 0 Å². The van der Waals surface area contributed by atoms with Gasteiger partial charge in [0, 0.05) is 16.6 Å². The fourth-order valence-electron chi connectivity index (χ4n) is 1.05. The number of benzene rings is 1. The molecule has 0 heterocycles. The molecule has 0 aliphatic carbocycles. The van der Waals surface area contributed by atoms with Gasteiger partial charge in [0.1, 0.15) is 11.6 Å². The maximum Gasteiger partial charge on any atom is 0.250 e. The molecule has 0 atom stereocenters. The van der Waals surface area contributed by atoms with Crippen molar-refractivity contribution < 1.29 is 17.6 Å². The zero-order chi connectivity index (χ0) is 11.4. The predicted molar refractivity (Wildman–Crippen MR) is 51.8 cm³/mol. The monoisotopic (exact) mass is 285 g/mol. The third-order valence-corrected chi connectivity index (χ3v) is 2.16. The van der Waals surface area contributed by atoms with Crippen LogP contribution in [-0.2, 0) is 6.54 Å². The van der Waals surface area contributed by atoms with Crippen LogP contribution in [-0.4, -0.2) is 13.0 Å². The molecule has 0 fully saturated rings. The van der Waals surface area contributed by atoms with Gasteiger partial charge in [0.2, 0.25) is 0 Å². The fourth-order valence-corrected chi connectivity index (χ4v) is 1.45. The summed E-state index contributed by atoms with van der Waals surface area (Å²) in [6, 6.07) is 2.17. The van der Waals surface area contributed by atoms with Gasteiger partial charge in [0.15, 0.2) is 0 Å². The van der Waals surface area contributed by atoms with Crippen molar-refractivity contribution in [3.63, 3.8) is 0 Å². The van der Waals surface area contributed by atoms with Crippen molar-refractivity contribution in [2.24, 2.45) is 0 Å². The largest absolute Gasteiger partial charge is 0.307 e. The van der Waals surface area contributed by atoms with E-state index in [1.54, 1.807) is 0 Å². The molecule has 0 aliphatic rings. The minimum Gasteiger partial charge on any atom is -0.307 e. The number of nitrogens with one attached hydrogen (secondary N) is 1. The molecule has 0 amide bonds. The van der Waals surface area contributed by atoms with Crippen LogP contribution >= 0.6 is 15.9 Å². The molecule has 6 heteroatoms.